The minimum Gasteiger partial charge on any atom is -0.477 e. The lowest BCUT2D eigenvalue weighted by molar-refractivity contribution is -0.122. The van der Waals surface area contributed by atoms with Crippen LogP contribution in [0.1, 0.15) is 36.8 Å². The Morgan fingerprint density at radius 2 is 2.14 bits per heavy atom. The van der Waals surface area contributed by atoms with E-state index in [2.05, 4.69) is 45.6 Å². The molecule has 2 aromatic carbocycles. The minimum absolute atomic E-state index is 0.225. The molecule has 2 heterocycles. The molecule has 0 aromatic heterocycles. The molecule has 0 radical (unpaired) electrons. The van der Waals surface area contributed by atoms with Gasteiger partial charge < -0.3 is 20.3 Å². The van der Waals surface area contributed by atoms with Crippen LogP contribution in [-0.4, -0.2) is 55.7 Å². The molecule has 7 nitrogen and oxygen atoms in total. The van der Waals surface area contributed by atoms with Crippen molar-refractivity contribution in [3.8, 4) is 23.7 Å². The summed E-state index contributed by atoms with van der Waals surface area (Å²) in [5.74, 6) is 7.70. The average molecular weight is 468 g/mol. The maximum absolute atomic E-state index is 13.1. The minimum atomic E-state index is -0.682. The second-order valence-corrected chi connectivity index (χ2v) is 10.3. The summed E-state index contributed by atoms with van der Waals surface area (Å²) in [7, 11) is 3.98. The van der Waals surface area contributed by atoms with Gasteiger partial charge in [0.1, 0.15) is 5.75 Å². The number of anilines is 3. The summed E-state index contributed by atoms with van der Waals surface area (Å²) in [6, 6.07) is 14.2. The van der Waals surface area contributed by atoms with E-state index in [0.717, 1.165) is 17.2 Å². The van der Waals surface area contributed by atoms with Gasteiger partial charge in [-0.25, -0.2) is 0 Å². The van der Waals surface area contributed by atoms with E-state index in [1.807, 2.05) is 25.1 Å². The highest BCUT2D eigenvalue weighted by Crippen LogP contribution is 2.68. The SMILES string of the molecule is CN(C)CC#Cc1cc(N2C3CCC4CCC432)ccc1NC(=O)C1CNc2cc(C#N)ccc2O1. The van der Waals surface area contributed by atoms with E-state index in [1.54, 1.807) is 18.2 Å². The molecule has 2 aliphatic carbocycles. The molecule has 1 saturated heterocycles. The second kappa shape index (κ2) is 8.22. The zero-order valence-corrected chi connectivity index (χ0v) is 20.1. The molecule has 3 fully saturated rings. The molecule has 1 spiro atoms. The van der Waals surface area contributed by atoms with Gasteiger partial charge in [0.2, 0.25) is 0 Å². The van der Waals surface area contributed by atoms with E-state index in [-0.39, 0.29) is 5.91 Å². The van der Waals surface area contributed by atoms with Crippen LogP contribution in [0.4, 0.5) is 17.1 Å². The quantitative estimate of drug-likeness (QED) is 0.530. The number of nitrogens with zero attached hydrogens (tertiary/aromatic N) is 3. The van der Waals surface area contributed by atoms with Gasteiger partial charge in [0, 0.05) is 5.69 Å². The third-order valence-electron chi connectivity index (χ3n) is 7.96. The molecule has 178 valence electrons. The highest BCUT2D eigenvalue weighted by molar-refractivity contribution is 5.97. The standard InChI is InChI=1S/C28H29N5O2/c1-32(2)13-3-4-19-15-21(33-26-10-6-20-11-12-28(20,26)33)7-8-22(19)31-27(34)25-17-30-23-14-18(16-29)5-9-24(23)35-25/h5,7-9,14-15,20,25-26,30H,6,10-13,17H2,1-2H3,(H,31,34). The topological polar surface area (TPSA) is 80.4 Å². The zero-order valence-electron chi connectivity index (χ0n) is 20.1. The smallest absolute Gasteiger partial charge is 0.267 e. The fourth-order valence-electron chi connectivity index (χ4n) is 6.15. The Morgan fingerprint density at radius 3 is 2.89 bits per heavy atom. The average Bonchev–Trinajstić information content (AvgIpc) is 3.47. The first-order valence-electron chi connectivity index (χ1n) is 12.3. The van der Waals surface area contributed by atoms with E-state index in [9.17, 15) is 4.79 Å². The van der Waals surface area contributed by atoms with Gasteiger partial charge >= 0.3 is 0 Å². The fourth-order valence-corrected chi connectivity index (χ4v) is 6.15. The maximum Gasteiger partial charge on any atom is 0.267 e. The molecule has 4 aliphatic rings. The Morgan fingerprint density at radius 1 is 1.26 bits per heavy atom. The summed E-state index contributed by atoms with van der Waals surface area (Å²) in [6.07, 6.45) is 4.62. The molecule has 2 N–H and O–H groups in total. The van der Waals surface area contributed by atoms with Crippen LogP contribution < -0.4 is 20.3 Å². The van der Waals surface area contributed by atoms with Crippen LogP contribution in [-0.2, 0) is 4.79 Å². The highest BCUT2D eigenvalue weighted by Gasteiger charge is 2.73. The number of amides is 1. The van der Waals surface area contributed by atoms with Crippen molar-refractivity contribution in [2.24, 2.45) is 5.92 Å². The number of piperidine rings is 1. The first kappa shape index (κ1) is 21.8. The zero-order chi connectivity index (χ0) is 24.2. The van der Waals surface area contributed by atoms with Crippen molar-refractivity contribution in [2.45, 2.75) is 43.4 Å². The van der Waals surface area contributed by atoms with Crippen molar-refractivity contribution in [2.75, 3.05) is 42.7 Å². The molecule has 35 heavy (non-hydrogen) atoms. The number of fused-ring (bicyclic) bond motifs is 1. The van der Waals surface area contributed by atoms with Gasteiger partial charge in [-0.1, -0.05) is 11.8 Å². The molecule has 0 bridgehead atoms. The summed E-state index contributed by atoms with van der Waals surface area (Å²) in [5.41, 5.74) is 4.42. The van der Waals surface area contributed by atoms with E-state index in [4.69, 9.17) is 10.00 Å². The first-order chi connectivity index (χ1) is 17.0. The van der Waals surface area contributed by atoms with Crippen molar-refractivity contribution in [3.63, 3.8) is 0 Å². The Bertz CT molecular complexity index is 1300. The summed E-state index contributed by atoms with van der Waals surface area (Å²) in [5, 5.41) is 15.4. The number of nitriles is 1. The number of nitrogens with one attached hydrogen (secondary N) is 2. The van der Waals surface area contributed by atoms with Gasteiger partial charge in [-0.15, -0.1) is 0 Å². The molecule has 2 aromatic rings. The lowest BCUT2D eigenvalue weighted by atomic mass is 9.74. The van der Waals surface area contributed by atoms with Crippen LogP contribution in [0.15, 0.2) is 36.4 Å². The lowest BCUT2D eigenvalue weighted by Gasteiger charge is -2.36. The Kier molecular flexibility index (Phi) is 5.12. The van der Waals surface area contributed by atoms with Crippen molar-refractivity contribution >= 4 is 23.0 Å². The lowest BCUT2D eigenvalue weighted by Crippen LogP contribution is -2.41. The third-order valence-corrected chi connectivity index (χ3v) is 7.96. The summed E-state index contributed by atoms with van der Waals surface area (Å²) in [6.45, 7) is 0.972. The molecule has 4 unspecified atom stereocenters. The van der Waals surface area contributed by atoms with Crippen LogP contribution >= 0.6 is 0 Å². The number of carbonyl (C=O) groups is 1. The van der Waals surface area contributed by atoms with E-state index in [1.165, 1.54) is 31.4 Å². The van der Waals surface area contributed by atoms with Crippen molar-refractivity contribution in [1.29, 1.82) is 5.26 Å². The van der Waals surface area contributed by atoms with Crippen LogP contribution in [0.25, 0.3) is 0 Å². The Balaban J connectivity index is 1.22. The number of ether oxygens (including phenoxy) is 1. The largest absolute Gasteiger partial charge is 0.477 e. The van der Waals surface area contributed by atoms with Crippen LogP contribution in [0.3, 0.4) is 0 Å². The number of rotatable bonds is 4. The molecule has 1 amide bonds. The third kappa shape index (κ3) is 3.59. The molecular weight excluding hydrogens is 438 g/mol. The summed E-state index contributed by atoms with van der Waals surface area (Å²) >= 11 is 0. The first-order valence-corrected chi connectivity index (χ1v) is 12.3. The van der Waals surface area contributed by atoms with E-state index in [0.29, 0.717) is 41.7 Å². The molecule has 7 heteroatoms. The maximum atomic E-state index is 13.1. The predicted octanol–water partition coefficient (Wildman–Crippen LogP) is 3.41. The highest BCUT2D eigenvalue weighted by atomic mass is 16.5. The monoisotopic (exact) mass is 467 g/mol. The van der Waals surface area contributed by atoms with Crippen molar-refractivity contribution < 1.29 is 9.53 Å². The van der Waals surface area contributed by atoms with Gasteiger partial charge in [-0.05, 0) is 82.1 Å². The van der Waals surface area contributed by atoms with E-state index >= 15 is 0 Å². The van der Waals surface area contributed by atoms with Crippen LogP contribution in [0, 0.1) is 29.1 Å². The molecule has 2 aliphatic heterocycles. The fraction of sp³-hybridized carbons (Fsp3) is 0.429. The van der Waals surface area contributed by atoms with Crippen LogP contribution in [0.2, 0.25) is 0 Å². The van der Waals surface area contributed by atoms with Gasteiger partial charge in [0.15, 0.2) is 6.10 Å². The number of carbonyl (C=O) groups excluding carboxylic acids is 1. The molecular formula is C28H29N5O2. The molecule has 4 atom stereocenters. The van der Waals surface area contributed by atoms with Gasteiger partial charge in [-0.3, -0.25) is 9.69 Å². The normalized spacial score (nSPS) is 27.0. The van der Waals surface area contributed by atoms with Gasteiger partial charge in [0.25, 0.3) is 5.91 Å². The van der Waals surface area contributed by atoms with Gasteiger partial charge in [-0.2, -0.15) is 5.26 Å². The number of hydrogen-bond donors (Lipinski definition) is 2. The van der Waals surface area contributed by atoms with Crippen molar-refractivity contribution in [3.05, 3.63) is 47.5 Å². The Hall–Kier alpha value is -3.68. The van der Waals surface area contributed by atoms with Gasteiger partial charge in [0.05, 0.1) is 53.2 Å². The second-order valence-electron chi connectivity index (χ2n) is 10.3. The summed E-state index contributed by atoms with van der Waals surface area (Å²) < 4.78 is 5.94. The number of benzene rings is 2. The Labute approximate surface area is 206 Å². The van der Waals surface area contributed by atoms with Crippen molar-refractivity contribution in [1.82, 2.24) is 4.90 Å². The van der Waals surface area contributed by atoms with Crippen LogP contribution in [0.5, 0.6) is 5.75 Å². The summed E-state index contributed by atoms with van der Waals surface area (Å²) in [4.78, 5) is 17.8. The number of hydrogen-bond acceptors (Lipinski definition) is 6. The van der Waals surface area contributed by atoms with E-state index < -0.39 is 6.10 Å². The predicted molar refractivity (Wildman–Crippen MR) is 136 cm³/mol. The molecule has 2 saturated carbocycles. The molecule has 6 rings (SSSR count).